The Morgan fingerprint density at radius 3 is 2.62 bits per heavy atom. The van der Waals surface area contributed by atoms with Crippen molar-refractivity contribution in [1.29, 1.82) is 0 Å². The minimum absolute atomic E-state index is 0.0133. The van der Waals surface area contributed by atoms with Gasteiger partial charge in [-0.15, -0.1) is 0 Å². The summed E-state index contributed by atoms with van der Waals surface area (Å²) in [6, 6.07) is 18.0. The lowest BCUT2D eigenvalue weighted by Gasteiger charge is -2.09. The number of nitrogens with zero attached hydrogens (tertiary/aromatic N) is 1. The summed E-state index contributed by atoms with van der Waals surface area (Å²) in [6.45, 7) is 2.35. The van der Waals surface area contributed by atoms with Crippen LogP contribution in [-0.4, -0.2) is 10.5 Å². The topological polar surface area (TPSA) is 34.0 Å². The highest BCUT2D eigenvalue weighted by molar-refractivity contribution is 14.1. The fourth-order valence-corrected chi connectivity index (χ4v) is 2.80. The third-order valence-electron chi connectivity index (χ3n) is 3.45. The number of hydrogen-bond donors (Lipinski definition) is 1. The summed E-state index contributed by atoms with van der Waals surface area (Å²) < 4.78 is 3.19. The molecule has 0 spiro atoms. The maximum Gasteiger partial charge on any atom is 0.244 e. The number of carbonyl (C=O) groups excluding carboxylic acids is 1. The molecule has 3 rings (SSSR count). The van der Waals surface area contributed by atoms with Crippen LogP contribution in [0.4, 0.5) is 5.69 Å². The van der Waals surface area contributed by atoms with Crippen LogP contribution < -0.4 is 5.32 Å². The van der Waals surface area contributed by atoms with Gasteiger partial charge >= 0.3 is 0 Å². The van der Waals surface area contributed by atoms with Crippen LogP contribution in [0.25, 0.3) is 10.9 Å². The lowest BCUT2D eigenvalue weighted by atomic mass is 10.2. The van der Waals surface area contributed by atoms with Crippen LogP contribution in [-0.2, 0) is 11.3 Å². The van der Waals surface area contributed by atoms with Crippen molar-refractivity contribution in [3.05, 3.63) is 63.9 Å². The summed E-state index contributed by atoms with van der Waals surface area (Å²) in [7, 11) is 0. The van der Waals surface area contributed by atoms with E-state index >= 15 is 0 Å². The number of aryl methyl sites for hydroxylation is 1. The summed E-state index contributed by atoms with van der Waals surface area (Å²) in [4.78, 5) is 12.2. The van der Waals surface area contributed by atoms with E-state index in [0.29, 0.717) is 6.54 Å². The molecule has 0 aliphatic carbocycles. The van der Waals surface area contributed by atoms with Gasteiger partial charge in [0.2, 0.25) is 5.91 Å². The smallest absolute Gasteiger partial charge is 0.244 e. The Bertz CT molecular complexity index is 790. The highest BCUT2D eigenvalue weighted by atomic mass is 127. The van der Waals surface area contributed by atoms with Crippen molar-refractivity contribution in [2.75, 3.05) is 5.32 Å². The van der Waals surface area contributed by atoms with Crippen LogP contribution in [0.3, 0.4) is 0 Å². The van der Waals surface area contributed by atoms with Crippen molar-refractivity contribution in [3.8, 4) is 0 Å². The minimum atomic E-state index is -0.0133. The molecule has 0 unspecified atom stereocenters. The molecular formula is C17H15IN2O. The maximum absolute atomic E-state index is 12.2. The summed E-state index contributed by atoms with van der Waals surface area (Å²) in [5.74, 6) is -0.0133. The van der Waals surface area contributed by atoms with Gasteiger partial charge in [-0.05, 0) is 71.3 Å². The van der Waals surface area contributed by atoms with Crippen LogP contribution in [0, 0.1) is 10.5 Å². The van der Waals surface area contributed by atoms with Crippen molar-refractivity contribution in [1.82, 2.24) is 4.57 Å². The highest BCUT2D eigenvalue weighted by Crippen LogP contribution is 2.19. The van der Waals surface area contributed by atoms with Gasteiger partial charge in [-0.3, -0.25) is 4.79 Å². The Hall–Kier alpha value is -1.82. The SMILES string of the molecule is Cc1cc2ccccc2n1CC(=O)Nc1ccc(I)cc1. The Morgan fingerprint density at radius 1 is 1.14 bits per heavy atom. The van der Waals surface area contributed by atoms with Crippen molar-refractivity contribution in [2.45, 2.75) is 13.5 Å². The van der Waals surface area contributed by atoms with Crippen molar-refractivity contribution < 1.29 is 4.79 Å². The fraction of sp³-hybridized carbons (Fsp3) is 0.118. The second-order valence-corrected chi connectivity index (χ2v) is 6.23. The van der Waals surface area contributed by atoms with Crippen LogP contribution in [0.15, 0.2) is 54.6 Å². The van der Waals surface area contributed by atoms with Crippen molar-refractivity contribution in [2.24, 2.45) is 0 Å². The average molecular weight is 390 g/mol. The van der Waals surface area contributed by atoms with Gasteiger partial charge in [0.1, 0.15) is 6.54 Å². The van der Waals surface area contributed by atoms with E-state index in [1.165, 1.54) is 0 Å². The van der Waals surface area contributed by atoms with Crippen LogP contribution in [0.5, 0.6) is 0 Å². The van der Waals surface area contributed by atoms with Gasteiger partial charge in [0.05, 0.1) is 0 Å². The zero-order valence-electron chi connectivity index (χ0n) is 11.6. The van der Waals surface area contributed by atoms with Crippen molar-refractivity contribution >= 4 is 45.1 Å². The molecule has 1 heterocycles. The number of rotatable bonds is 3. The van der Waals surface area contributed by atoms with E-state index < -0.39 is 0 Å². The molecule has 3 nitrogen and oxygen atoms in total. The molecule has 106 valence electrons. The molecule has 3 aromatic rings. The standard InChI is InChI=1S/C17H15IN2O/c1-12-10-13-4-2-3-5-16(13)20(12)11-17(21)19-15-8-6-14(18)7-9-15/h2-10H,11H2,1H3,(H,19,21). The summed E-state index contributed by atoms with van der Waals surface area (Å²) >= 11 is 2.24. The molecule has 0 saturated carbocycles. The number of fused-ring (bicyclic) bond motifs is 1. The molecule has 0 aliphatic heterocycles. The molecule has 0 radical (unpaired) electrons. The van der Waals surface area contributed by atoms with E-state index in [9.17, 15) is 4.79 Å². The Kier molecular flexibility index (Phi) is 3.96. The summed E-state index contributed by atoms with van der Waals surface area (Å²) in [5.41, 5.74) is 3.01. The van der Waals surface area contributed by atoms with Crippen LogP contribution in [0.1, 0.15) is 5.69 Å². The number of benzene rings is 2. The third kappa shape index (κ3) is 3.10. The van der Waals surface area contributed by atoms with E-state index in [0.717, 1.165) is 25.9 Å². The van der Waals surface area contributed by atoms with Gasteiger partial charge < -0.3 is 9.88 Å². The molecule has 1 aromatic heterocycles. The second-order valence-electron chi connectivity index (χ2n) is 4.99. The number of nitrogens with one attached hydrogen (secondary N) is 1. The Morgan fingerprint density at radius 2 is 1.86 bits per heavy atom. The first kappa shape index (κ1) is 14.1. The van der Waals surface area contributed by atoms with E-state index in [-0.39, 0.29) is 5.91 Å². The van der Waals surface area contributed by atoms with Gasteiger partial charge in [0.25, 0.3) is 0 Å². The lowest BCUT2D eigenvalue weighted by Crippen LogP contribution is -2.19. The molecule has 1 N–H and O–H groups in total. The number of carbonyl (C=O) groups is 1. The first-order valence-electron chi connectivity index (χ1n) is 6.74. The number of halogens is 1. The molecule has 1 amide bonds. The molecule has 21 heavy (non-hydrogen) atoms. The monoisotopic (exact) mass is 390 g/mol. The zero-order valence-corrected chi connectivity index (χ0v) is 13.8. The predicted molar refractivity (Wildman–Crippen MR) is 94.5 cm³/mol. The second kappa shape index (κ2) is 5.89. The molecule has 0 fully saturated rings. The molecule has 0 atom stereocenters. The maximum atomic E-state index is 12.2. The van der Waals surface area contributed by atoms with E-state index in [1.807, 2.05) is 54.0 Å². The lowest BCUT2D eigenvalue weighted by molar-refractivity contribution is -0.116. The van der Waals surface area contributed by atoms with E-state index in [2.05, 4.69) is 40.0 Å². The highest BCUT2D eigenvalue weighted by Gasteiger charge is 2.09. The summed E-state index contributed by atoms with van der Waals surface area (Å²) in [6.07, 6.45) is 0. The first-order chi connectivity index (χ1) is 10.1. The first-order valence-corrected chi connectivity index (χ1v) is 7.81. The number of amides is 1. The van der Waals surface area contributed by atoms with Gasteiger partial charge in [-0.25, -0.2) is 0 Å². The number of anilines is 1. The zero-order chi connectivity index (χ0) is 14.8. The van der Waals surface area contributed by atoms with Crippen LogP contribution >= 0.6 is 22.6 Å². The number of hydrogen-bond acceptors (Lipinski definition) is 1. The summed E-state index contributed by atoms with van der Waals surface area (Å²) in [5, 5.41) is 4.10. The predicted octanol–water partition coefficient (Wildman–Crippen LogP) is 4.19. The van der Waals surface area contributed by atoms with Crippen LogP contribution in [0.2, 0.25) is 0 Å². The van der Waals surface area contributed by atoms with E-state index in [1.54, 1.807) is 0 Å². The molecule has 0 saturated heterocycles. The fourth-order valence-electron chi connectivity index (χ4n) is 2.44. The Labute approximate surface area is 137 Å². The normalized spacial score (nSPS) is 10.8. The number of aromatic nitrogens is 1. The molecular weight excluding hydrogens is 375 g/mol. The van der Waals surface area contributed by atoms with E-state index in [4.69, 9.17) is 0 Å². The molecule has 0 bridgehead atoms. The van der Waals surface area contributed by atoms with Gasteiger partial charge in [-0.2, -0.15) is 0 Å². The molecule has 0 aliphatic rings. The van der Waals surface area contributed by atoms with Gasteiger partial charge in [-0.1, -0.05) is 18.2 Å². The molecule has 4 heteroatoms. The Balaban J connectivity index is 1.80. The van der Waals surface area contributed by atoms with Gasteiger partial charge in [0, 0.05) is 20.5 Å². The average Bonchev–Trinajstić information content (AvgIpc) is 2.78. The molecule has 2 aromatic carbocycles. The minimum Gasteiger partial charge on any atom is -0.335 e. The number of para-hydroxylation sites is 1. The largest absolute Gasteiger partial charge is 0.335 e. The van der Waals surface area contributed by atoms with Gasteiger partial charge in [0.15, 0.2) is 0 Å². The quantitative estimate of drug-likeness (QED) is 0.669. The third-order valence-corrected chi connectivity index (χ3v) is 4.17. The van der Waals surface area contributed by atoms with Crippen molar-refractivity contribution in [3.63, 3.8) is 0 Å².